The SMILES string of the molecule is COc1ccc(CC2C(=O)CC(C)C3C2C3(Cl)Cl)cc1. The van der Waals surface area contributed by atoms with Crippen LogP contribution in [0.25, 0.3) is 0 Å². The molecule has 2 saturated carbocycles. The van der Waals surface area contributed by atoms with Gasteiger partial charge in [0.15, 0.2) is 0 Å². The van der Waals surface area contributed by atoms with Gasteiger partial charge in [0, 0.05) is 24.2 Å². The van der Waals surface area contributed by atoms with E-state index in [0.29, 0.717) is 18.1 Å². The molecule has 3 rings (SSSR count). The Balaban J connectivity index is 1.77. The normalized spacial score (nSPS) is 34.5. The molecule has 20 heavy (non-hydrogen) atoms. The molecule has 0 radical (unpaired) electrons. The maximum atomic E-state index is 12.3. The van der Waals surface area contributed by atoms with E-state index in [1.165, 1.54) is 0 Å². The molecule has 0 N–H and O–H groups in total. The second kappa shape index (κ2) is 4.92. The molecule has 0 saturated heterocycles. The molecule has 108 valence electrons. The number of fused-ring (bicyclic) bond motifs is 1. The first-order valence-corrected chi connectivity index (χ1v) is 7.74. The van der Waals surface area contributed by atoms with Crippen LogP contribution in [0.3, 0.4) is 0 Å². The van der Waals surface area contributed by atoms with Crippen LogP contribution in [0.5, 0.6) is 5.75 Å². The minimum absolute atomic E-state index is 0.0420. The molecular formula is C16H18Cl2O2. The summed E-state index contributed by atoms with van der Waals surface area (Å²) in [7, 11) is 1.64. The predicted molar refractivity (Wildman–Crippen MR) is 80.4 cm³/mol. The molecular weight excluding hydrogens is 295 g/mol. The maximum absolute atomic E-state index is 12.3. The van der Waals surface area contributed by atoms with Gasteiger partial charge in [0.2, 0.25) is 0 Å². The molecule has 2 nitrogen and oxygen atoms in total. The minimum atomic E-state index is -0.706. The molecule has 4 unspecified atom stereocenters. The van der Waals surface area contributed by atoms with Crippen LogP contribution in [0.1, 0.15) is 18.9 Å². The summed E-state index contributed by atoms with van der Waals surface area (Å²) in [4.78, 5) is 12.3. The van der Waals surface area contributed by atoms with Gasteiger partial charge in [-0.15, -0.1) is 23.2 Å². The Morgan fingerprint density at radius 1 is 1.25 bits per heavy atom. The van der Waals surface area contributed by atoms with Gasteiger partial charge in [-0.2, -0.15) is 0 Å². The number of hydrogen-bond acceptors (Lipinski definition) is 2. The Bertz CT molecular complexity index is 524. The van der Waals surface area contributed by atoms with E-state index in [0.717, 1.165) is 17.7 Å². The largest absolute Gasteiger partial charge is 0.497 e. The summed E-state index contributed by atoms with van der Waals surface area (Å²) in [6.07, 6.45) is 1.32. The Morgan fingerprint density at radius 2 is 1.90 bits per heavy atom. The highest BCUT2D eigenvalue weighted by Gasteiger charge is 2.70. The third-order valence-corrected chi connectivity index (χ3v) is 5.77. The fourth-order valence-electron chi connectivity index (χ4n) is 3.68. The van der Waals surface area contributed by atoms with Crippen molar-refractivity contribution in [2.45, 2.75) is 24.1 Å². The van der Waals surface area contributed by atoms with Crippen LogP contribution in [-0.4, -0.2) is 17.2 Å². The van der Waals surface area contributed by atoms with E-state index in [1.54, 1.807) is 7.11 Å². The van der Waals surface area contributed by atoms with Crippen LogP contribution in [0, 0.1) is 23.7 Å². The lowest BCUT2D eigenvalue weighted by molar-refractivity contribution is -0.126. The Morgan fingerprint density at radius 3 is 2.50 bits per heavy atom. The predicted octanol–water partition coefficient (Wildman–Crippen LogP) is 3.88. The number of hydrogen-bond donors (Lipinski definition) is 0. The van der Waals surface area contributed by atoms with E-state index in [9.17, 15) is 4.79 Å². The monoisotopic (exact) mass is 312 g/mol. The number of ketones is 1. The first kappa shape index (κ1) is 14.2. The third-order valence-electron chi connectivity index (χ3n) is 4.76. The number of ether oxygens (including phenoxy) is 1. The topological polar surface area (TPSA) is 26.3 Å². The van der Waals surface area contributed by atoms with Crippen molar-refractivity contribution in [1.82, 2.24) is 0 Å². The number of Topliss-reactive ketones (excluding diaryl/α,β-unsaturated/α-hetero) is 1. The van der Waals surface area contributed by atoms with Crippen molar-refractivity contribution in [1.29, 1.82) is 0 Å². The van der Waals surface area contributed by atoms with Gasteiger partial charge in [-0.05, 0) is 30.0 Å². The quantitative estimate of drug-likeness (QED) is 0.792. The first-order chi connectivity index (χ1) is 9.45. The van der Waals surface area contributed by atoms with Crippen LogP contribution in [0.2, 0.25) is 0 Å². The molecule has 4 heteroatoms. The lowest BCUT2D eigenvalue weighted by Gasteiger charge is -2.23. The van der Waals surface area contributed by atoms with Gasteiger partial charge in [-0.25, -0.2) is 0 Å². The van der Waals surface area contributed by atoms with Gasteiger partial charge in [0.25, 0.3) is 0 Å². The molecule has 1 aromatic rings. The zero-order valence-electron chi connectivity index (χ0n) is 11.6. The average molecular weight is 313 g/mol. The lowest BCUT2D eigenvalue weighted by Crippen LogP contribution is -2.28. The van der Waals surface area contributed by atoms with Crippen LogP contribution in [0.4, 0.5) is 0 Å². The molecule has 2 aliphatic carbocycles. The van der Waals surface area contributed by atoms with Crippen LogP contribution >= 0.6 is 23.2 Å². The van der Waals surface area contributed by atoms with E-state index in [2.05, 4.69) is 6.92 Å². The van der Waals surface area contributed by atoms with E-state index < -0.39 is 4.33 Å². The zero-order valence-corrected chi connectivity index (χ0v) is 13.1. The summed E-state index contributed by atoms with van der Waals surface area (Å²) in [5.41, 5.74) is 1.13. The number of methoxy groups -OCH3 is 1. The summed E-state index contributed by atoms with van der Waals surface area (Å²) >= 11 is 12.8. The second-order valence-corrected chi connectivity index (χ2v) is 7.48. The fraction of sp³-hybridized carbons (Fsp3) is 0.562. The maximum Gasteiger partial charge on any atom is 0.136 e. The number of carbonyl (C=O) groups excluding carboxylic acids is 1. The molecule has 2 aliphatic rings. The summed E-state index contributed by atoms with van der Waals surface area (Å²) in [5.74, 6) is 1.77. The molecule has 1 aromatic carbocycles. The van der Waals surface area contributed by atoms with E-state index in [1.807, 2.05) is 24.3 Å². The molecule has 0 bridgehead atoms. The zero-order chi connectivity index (χ0) is 14.5. The lowest BCUT2D eigenvalue weighted by atomic mass is 9.79. The van der Waals surface area contributed by atoms with Gasteiger partial charge in [-0.3, -0.25) is 4.79 Å². The van der Waals surface area contributed by atoms with Gasteiger partial charge in [-0.1, -0.05) is 19.1 Å². The van der Waals surface area contributed by atoms with Gasteiger partial charge in [0.05, 0.1) is 7.11 Å². The standard InChI is InChI=1S/C16H18Cl2O2/c1-9-7-13(19)12(15-14(9)16(15,17)18)8-10-3-5-11(20-2)6-4-10/h3-6,9,12,14-15H,7-8H2,1-2H3. The average Bonchev–Trinajstić information content (AvgIpc) is 2.99. The molecule has 0 heterocycles. The highest BCUT2D eigenvalue weighted by molar-refractivity contribution is 6.51. The van der Waals surface area contributed by atoms with Crippen molar-refractivity contribution in [3.05, 3.63) is 29.8 Å². The van der Waals surface area contributed by atoms with E-state index >= 15 is 0 Å². The van der Waals surface area contributed by atoms with Crippen LogP contribution < -0.4 is 4.74 Å². The molecule has 0 spiro atoms. The van der Waals surface area contributed by atoms with Crippen molar-refractivity contribution >= 4 is 29.0 Å². The van der Waals surface area contributed by atoms with E-state index in [4.69, 9.17) is 27.9 Å². The van der Waals surface area contributed by atoms with Crippen molar-refractivity contribution in [3.63, 3.8) is 0 Å². The molecule has 4 atom stereocenters. The Labute approximate surface area is 129 Å². The fourth-order valence-corrected chi connectivity index (χ4v) is 4.83. The minimum Gasteiger partial charge on any atom is -0.497 e. The van der Waals surface area contributed by atoms with Gasteiger partial charge in [0.1, 0.15) is 15.9 Å². The number of alkyl halides is 2. The van der Waals surface area contributed by atoms with Gasteiger partial charge < -0.3 is 4.74 Å². The van der Waals surface area contributed by atoms with Crippen molar-refractivity contribution in [2.75, 3.05) is 7.11 Å². The number of rotatable bonds is 3. The highest BCUT2D eigenvalue weighted by atomic mass is 35.5. The third kappa shape index (κ3) is 2.23. The van der Waals surface area contributed by atoms with Crippen LogP contribution in [0.15, 0.2) is 24.3 Å². The van der Waals surface area contributed by atoms with Gasteiger partial charge >= 0.3 is 0 Å². The molecule has 0 amide bonds. The smallest absolute Gasteiger partial charge is 0.136 e. The molecule has 0 aliphatic heterocycles. The number of benzene rings is 1. The first-order valence-electron chi connectivity index (χ1n) is 6.98. The van der Waals surface area contributed by atoms with Crippen molar-refractivity contribution in [3.8, 4) is 5.75 Å². The Hall–Kier alpha value is -0.730. The summed E-state index contributed by atoms with van der Waals surface area (Å²) in [6, 6.07) is 7.85. The summed E-state index contributed by atoms with van der Waals surface area (Å²) in [6.45, 7) is 2.08. The van der Waals surface area contributed by atoms with Crippen molar-refractivity contribution in [2.24, 2.45) is 23.7 Å². The summed E-state index contributed by atoms with van der Waals surface area (Å²) < 4.78 is 4.44. The molecule has 2 fully saturated rings. The van der Waals surface area contributed by atoms with E-state index in [-0.39, 0.29) is 17.8 Å². The number of halogens is 2. The highest BCUT2D eigenvalue weighted by Crippen LogP contribution is 2.68. The van der Waals surface area contributed by atoms with Crippen molar-refractivity contribution < 1.29 is 9.53 Å². The molecule has 0 aromatic heterocycles. The Kier molecular flexibility index (Phi) is 3.50. The second-order valence-electron chi connectivity index (χ2n) is 6.03. The number of carbonyl (C=O) groups is 1. The summed E-state index contributed by atoms with van der Waals surface area (Å²) in [5, 5.41) is 0. The van der Waals surface area contributed by atoms with Crippen LogP contribution in [-0.2, 0) is 11.2 Å².